The molecule has 0 aliphatic rings. The molecule has 4 aromatic rings. The van der Waals surface area contributed by atoms with Gasteiger partial charge in [-0.2, -0.15) is 9.78 Å². The van der Waals surface area contributed by atoms with Crippen LogP contribution in [0.15, 0.2) is 73.1 Å². The summed E-state index contributed by atoms with van der Waals surface area (Å²) in [6.45, 7) is 2.41. The minimum absolute atomic E-state index is 0.0441. The van der Waals surface area contributed by atoms with Crippen molar-refractivity contribution in [2.24, 2.45) is 0 Å². The predicted octanol–water partition coefficient (Wildman–Crippen LogP) is 2.27. The van der Waals surface area contributed by atoms with Gasteiger partial charge in [0.1, 0.15) is 0 Å². The van der Waals surface area contributed by atoms with Gasteiger partial charge in [0.05, 0.1) is 24.7 Å². The molecule has 2 aromatic heterocycles. The standard InChI is InChI=1S/C21H21N7O/c1-16-24-25-26-28(16)19-10-8-17(9-11-19)14-21(29)23-20(15-27-13-5-12-22-27)18-6-3-2-4-7-18/h2-13,20H,14-15H2,1H3,(H,23,29)/t20-/m1/s1. The van der Waals surface area contributed by atoms with Crippen LogP contribution in [0.25, 0.3) is 5.69 Å². The topological polar surface area (TPSA) is 90.5 Å². The molecule has 1 amide bonds. The number of nitrogens with zero attached hydrogens (tertiary/aromatic N) is 6. The highest BCUT2D eigenvalue weighted by Gasteiger charge is 2.16. The van der Waals surface area contributed by atoms with E-state index < -0.39 is 0 Å². The van der Waals surface area contributed by atoms with E-state index in [1.54, 1.807) is 10.9 Å². The molecule has 0 spiro atoms. The lowest BCUT2D eigenvalue weighted by atomic mass is 10.1. The fourth-order valence-corrected chi connectivity index (χ4v) is 3.17. The predicted molar refractivity (Wildman–Crippen MR) is 107 cm³/mol. The molecule has 0 saturated carbocycles. The van der Waals surface area contributed by atoms with E-state index in [-0.39, 0.29) is 18.4 Å². The Hall–Kier alpha value is -3.81. The lowest BCUT2D eigenvalue weighted by Gasteiger charge is -2.19. The molecule has 0 fully saturated rings. The first-order valence-electron chi connectivity index (χ1n) is 9.35. The smallest absolute Gasteiger partial charge is 0.224 e. The van der Waals surface area contributed by atoms with E-state index in [2.05, 4.69) is 25.9 Å². The number of benzene rings is 2. The van der Waals surface area contributed by atoms with Crippen molar-refractivity contribution in [3.63, 3.8) is 0 Å². The summed E-state index contributed by atoms with van der Waals surface area (Å²) in [7, 11) is 0. The Labute approximate surface area is 168 Å². The molecule has 0 aliphatic carbocycles. The van der Waals surface area contributed by atoms with E-state index in [1.807, 2.05) is 78.5 Å². The third-order valence-corrected chi connectivity index (χ3v) is 4.64. The number of aromatic nitrogens is 6. The minimum Gasteiger partial charge on any atom is -0.347 e. The molecule has 8 nitrogen and oxygen atoms in total. The first-order chi connectivity index (χ1) is 14.2. The molecule has 0 unspecified atom stereocenters. The Kier molecular flexibility index (Phi) is 5.42. The lowest BCUT2D eigenvalue weighted by Crippen LogP contribution is -2.32. The van der Waals surface area contributed by atoms with E-state index in [4.69, 9.17) is 0 Å². The van der Waals surface area contributed by atoms with Gasteiger partial charge >= 0.3 is 0 Å². The maximum Gasteiger partial charge on any atom is 0.224 e. The van der Waals surface area contributed by atoms with E-state index in [0.29, 0.717) is 12.4 Å². The van der Waals surface area contributed by atoms with E-state index >= 15 is 0 Å². The first kappa shape index (κ1) is 18.5. The number of carbonyl (C=O) groups excluding carboxylic acids is 1. The number of hydrogen-bond acceptors (Lipinski definition) is 5. The van der Waals surface area contributed by atoms with Crippen LogP contribution in [0, 0.1) is 6.92 Å². The van der Waals surface area contributed by atoms with Crippen LogP contribution in [0.5, 0.6) is 0 Å². The number of tetrazole rings is 1. The molecular weight excluding hydrogens is 366 g/mol. The molecule has 0 saturated heterocycles. The Morgan fingerprint density at radius 2 is 1.86 bits per heavy atom. The molecule has 2 aromatic carbocycles. The zero-order chi connectivity index (χ0) is 20.1. The van der Waals surface area contributed by atoms with Gasteiger partial charge in [-0.1, -0.05) is 42.5 Å². The van der Waals surface area contributed by atoms with E-state index in [1.165, 1.54) is 0 Å². The molecule has 8 heteroatoms. The van der Waals surface area contributed by atoms with Crippen molar-refractivity contribution < 1.29 is 4.79 Å². The second-order valence-corrected chi connectivity index (χ2v) is 6.74. The Morgan fingerprint density at radius 1 is 1.07 bits per heavy atom. The molecule has 146 valence electrons. The summed E-state index contributed by atoms with van der Waals surface area (Å²) < 4.78 is 3.47. The van der Waals surface area contributed by atoms with Crippen molar-refractivity contribution in [2.45, 2.75) is 25.9 Å². The first-order valence-corrected chi connectivity index (χ1v) is 9.35. The number of carbonyl (C=O) groups is 1. The SMILES string of the molecule is Cc1nnnn1-c1ccc(CC(=O)N[C@H](Cn2cccn2)c2ccccc2)cc1. The summed E-state index contributed by atoms with van der Waals surface area (Å²) >= 11 is 0. The molecule has 0 radical (unpaired) electrons. The highest BCUT2D eigenvalue weighted by atomic mass is 16.1. The highest BCUT2D eigenvalue weighted by molar-refractivity contribution is 5.79. The highest BCUT2D eigenvalue weighted by Crippen LogP contribution is 2.16. The van der Waals surface area contributed by atoms with Gasteiger partial charge in [0.15, 0.2) is 5.82 Å². The average Bonchev–Trinajstić information content (AvgIpc) is 3.40. The molecule has 4 rings (SSSR count). The summed E-state index contributed by atoms with van der Waals surface area (Å²) in [5.74, 6) is 0.664. The zero-order valence-corrected chi connectivity index (χ0v) is 16.0. The van der Waals surface area contributed by atoms with Gasteiger partial charge < -0.3 is 5.32 Å². The van der Waals surface area contributed by atoms with Gasteiger partial charge in [-0.3, -0.25) is 9.48 Å². The van der Waals surface area contributed by atoms with Crippen molar-refractivity contribution >= 4 is 5.91 Å². The van der Waals surface area contributed by atoms with Gasteiger partial charge in [0.2, 0.25) is 5.91 Å². The van der Waals surface area contributed by atoms with Gasteiger partial charge in [-0.15, -0.1) is 5.10 Å². The lowest BCUT2D eigenvalue weighted by molar-refractivity contribution is -0.121. The van der Waals surface area contributed by atoms with Crippen molar-refractivity contribution in [3.8, 4) is 5.69 Å². The molecule has 1 atom stereocenters. The van der Waals surface area contributed by atoms with Crippen molar-refractivity contribution in [1.29, 1.82) is 0 Å². The van der Waals surface area contributed by atoms with Crippen LogP contribution < -0.4 is 5.32 Å². The van der Waals surface area contributed by atoms with Crippen molar-refractivity contribution in [1.82, 2.24) is 35.3 Å². The summed E-state index contributed by atoms with van der Waals surface area (Å²) in [6.07, 6.45) is 3.91. The quantitative estimate of drug-likeness (QED) is 0.525. The minimum atomic E-state index is -0.160. The Bertz CT molecular complexity index is 1060. The van der Waals surface area contributed by atoms with Crippen LogP contribution in [0.3, 0.4) is 0 Å². The van der Waals surface area contributed by atoms with Gasteiger partial charge in [0, 0.05) is 12.4 Å². The van der Waals surface area contributed by atoms with Gasteiger partial charge in [-0.25, -0.2) is 0 Å². The summed E-state index contributed by atoms with van der Waals surface area (Å²) in [4.78, 5) is 12.7. The van der Waals surface area contributed by atoms with Crippen LogP contribution in [0.1, 0.15) is 23.0 Å². The monoisotopic (exact) mass is 387 g/mol. The van der Waals surface area contributed by atoms with Crippen LogP contribution in [0.4, 0.5) is 0 Å². The largest absolute Gasteiger partial charge is 0.347 e. The third-order valence-electron chi connectivity index (χ3n) is 4.64. The molecular formula is C21H21N7O. The number of amides is 1. The van der Waals surface area contributed by atoms with Gasteiger partial charge in [-0.05, 0) is 46.7 Å². The number of nitrogens with one attached hydrogen (secondary N) is 1. The summed E-state index contributed by atoms with van der Waals surface area (Å²) in [5.41, 5.74) is 2.82. The number of rotatable bonds is 7. The molecule has 0 bridgehead atoms. The van der Waals surface area contributed by atoms with E-state index in [9.17, 15) is 4.79 Å². The van der Waals surface area contributed by atoms with Crippen LogP contribution >= 0.6 is 0 Å². The van der Waals surface area contributed by atoms with Crippen LogP contribution in [0.2, 0.25) is 0 Å². The molecule has 29 heavy (non-hydrogen) atoms. The summed E-state index contributed by atoms with van der Waals surface area (Å²) in [6, 6.07) is 19.3. The normalized spacial score (nSPS) is 11.9. The maximum absolute atomic E-state index is 12.7. The second kappa shape index (κ2) is 8.47. The molecule has 0 aliphatic heterocycles. The number of aryl methyl sites for hydroxylation is 1. The average molecular weight is 387 g/mol. The fraction of sp³-hybridized carbons (Fsp3) is 0.190. The Morgan fingerprint density at radius 3 is 2.52 bits per heavy atom. The zero-order valence-electron chi connectivity index (χ0n) is 16.0. The second-order valence-electron chi connectivity index (χ2n) is 6.74. The van der Waals surface area contributed by atoms with Crippen LogP contribution in [-0.4, -0.2) is 35.9 Å². The van der Waals surface area contributed by atoms with Crippen molar-refractivity contribution in [2.75, 3.05) is 0 Å². The fourth-order valence-electron chi connectivity index (χ4n) is 3.17. The third kappa shape index (κ3) is 4.55. The van der Waals surface area contributed by atoms with E-state index in [0.717, 1.165) is 16.8 Å². The Balaban J connectivity index is 1.44. The summed E-state index contributed by atoms with van der Waals surface area (Å²) in [5, 5.41) is 18.9. The molecule has 2 heterocycles. The van der Waals surface area contributed by atoms with Crippen LogP contribution in [-0.2, 0) is 17.8 Å². The maximum atomic E-state index is 12.7. The van der Waals surface area contributed by atoms with Crippen molar-refractivity contribution in [3.05, 3.63) is 90.0 Å². The molecule has 1 N–H and O–H groups in total. The number of hydrogen-bond donors (Lipinski definition) is 1. The van der Waals surface area contributed by atoms with Gasteiger partial charge in [0.25, 0.3) is 0 Å².